The highest BCUT2D eigenvalue weighted by atomic mass is 15.4. The maximum Gasteiger partial charge on any atom is 0.0724 e. The van der Waals surface area contributed by atoms with Gasteiger partial charge < -0.3 is 5.73 Å². The summed E-state index contributed by atoms with van der Waals surface area (Å²) in [5, 5.41) is 7.72. The molecule has 0 aliphatic rings. The smallest absolute Gasteiger partial charge is 0.0724 e. The summed E-state index contributed by atoms with van der Waals surface area (Å²) >= 11 is 0. The van der Waals surface area contributed by atoms with Gasteiger partial charge in [-0.1, -0.05) is 26.0 Å². The molecule has 0 amide bonds. The Balaban J connectivity index is 2.46. The predicted molar refractivity (Wildman–Crippen MR) is 56.8 cm³/mol. The summed E-state index contributed by atoms with van der Waals surface area (Å²) < 4.78 is 1.80. The second-order valence-corrected chi connectivity index (χ2v) is 4.86. The van der Waals surface area contributed by atoms with Crippen LogP contribution in [0.5, 0.6) is 0 Å². The fraction of sp³-hybridized carbons (Fsp3) is 0.800. The van der Waals surface area contributed by atoms with Gasteiger partial charge >= 0.3 is 0 Å². The van der Waals surface area contributed by atoms with E-state index >= 15 is 0 Å². The lowest BCUT2D eigenvalue weighted by atomic mass is 9.84. The van der Waals surface area contributed by atoms with E-state index in [9.17, 15) is 0 Å². The van der Waals surface area contributed by atoms with E-state index in [1.54, 1.807) is 10.9 Å². The number of nitrogens with two attached hydrogens (primary N) is 1. The second kappa shape index (κ2) is 4.09. The standard InChI is InChI=1S/C10H20N4/c1-10(2,3)9(11)6-5-8-7-12-13-14(8)4/h7,9H,5-6,11H2,1-4H3. The van der Waals surface area contributed by atoms with Crippen molar-refractivity contribution in [3.63, 3.8) is 0 Å². The summed E-state index contributed by atoms with van der Waals surface area (Å²) in [6.07, 6.45) is 3.72. The van der Waals surface area contributed by atoms with Crippen LogP contribution in [0, 0.1) is 5.41 Å². The van der Waals surface area contributed by atoms with Gasteiger partial charge in [0, 0.05) is 13.1 Å². The maximum absolute atomic E-state index is 6.07. The lowest BCUT2D eigenvalue weighted by molar-refractivity contribution is 0.304. The molecule has 1 rings (SSSR count). The van der Waals surface area contributed by atoms with Crippen LogP contribution in [0.15, 0.2) is 6.20 Å². The molecule has 4 nitrogen and oxygen atoms in total. The van der Waals surface area contributed by atoms with Crippen LogP contribution in [0.2, 0.25) is 0 Å². The van der Waals surface area contributed by atoms with Crippen molar-refractivity contribution >= 4 is 0 Å². The highest BCUT2D eigenvalue weighted by molar-refractivity contribution is 4.94. The fourth-order valence-electron chi connectivity index (χ4n) is 1.27. The summed E-state index contributed by atoms with van der Waals surface area (Å²) in [5.41, 5.74) is 7.38. The Hall–Kier alpha value is -0.900. The first-order chi connectivity index (χ1) is 6.41. The maximum atomic E-state index is 6.07. The molecule has 0 fully saturated rings. The average molecular weight is 196 g/mol. The SMILES string of the molecule is Cn1nncc1CCC(N)C(C)(C)C. The van der Waals surface area contributed by atoms with Gasteiger partial charge in [-0.3, -0.25) is 4.68 Å². The zero-order chi connectivity index (χ0) is 10.8. The van der Waals surface area contributed by atoms with E-state index in [4.69, 9.17) is 5.73 Å². The minimum absolute atomic E-state index is 0.173. The van der Waals surface area contributed by atoms with Crippen molar-refractivity contribution in [2.24, 2.45) is 18.2 Å². The van der Waals surface area contributed by atoms with E-state index < -0.39 is 0 Å². The van der Waals surface area contributed by atoms with Crippen molar-refractivity contribution in [2.45, 2.75) is 39.7 Å². The van der Waals surface area contributed by atoms with Crippen LogP contribution in [-0.4, -0.2) is 21.0 Å². The lowest BCUT2D eigenvalue weighted by Gasteiger charge is -2.26. The summed E-state index contributed by atoms with van der Waals surface area (Å²) in [7, 11) is 1.91. The minimum atomic E-state index is 0.173. The Morgan fingerprint density at radius 1 is 1.50 bits per heavy atom. The molecule has 1 unspecified atom stereocenters. The van der Waals surface area contributed by atoms with E-state index in [2.05, 4.69) is 31.1 Å². The van der Waals surface area contributed by atoms with Crippen LogP contribution in [0.25, 0.3) is 0 Å². The van der Waals surface area contributed by atoms with Crippen molar-refractivity contribution in [3.8, 4) is 0 Å². The largest absolute Gasteiger partial charge is 0.327 e. The van der Waals surface area contributed by atoms with E-state index in [1.165, 1.54) is 0 Å². The third-order valence-electron chi connectivity index (χ3n) is 2.63. The summed E-state index contributed by atoms with van der Waals surface area (Å²) in [6.45, 7) is 6.50. The van der Waals surface area contributed by atoms with Crippen LogP contribution in [0.3, 0.4) is 0 Å². The zero-order valence-electron chi connectivity index (χ0n) is 9.49. The van der Waals surface area contributed by atoms with Gasteiger partial charge in [-0.05, 0) is 18.3 Å². The number of hydrogen-bond donors (Lipinski definition) is 1. The molecule has 0 saturated heterocycles. The molecule has 1 heterocycles. The van der Waals surface area contributed by atoms with Gasteiger partial charge in [0.25, 0.3) is 0 Å². The fourth-order valence-corrected chi connectivity index (χ4v) is 1.27. The Labute approximate surface area is 85.5 Å². The molecule has 0 bridgehead atoms. The molecule has 0 aromatic carbocycles. The van der Waals surface area contributed by atoms with E-state index in [0.717, 1.165) is 18.5 Å². The number of hydrogen-bond acceptors (Lipinski definition) is 3. The Morgan fingerprint density at radius 2 is 2.14 bits per heavy atom. The quantitative estimate of drug-likeness (QED) is 0.788. The predicted octanol–water partition coefficient (Wildman–Crippen LogP) is 1.12. The first-order valence-corrected chi connectivity index (χ1v) is 5.00. The first kappa shape index (κ1) is 11.2. The molecule has 80 valence electrons. The molecule has 0 saturated carbocycles. The number of aryl methyl sites for hydroxylation is 2. The highest BCUT2D eigenvalue weighted by Gasteiger charge is 2.20. The Morgan fingerprint density at radius 3 is 2.57 bits per heavy atom. The summed E-state index contributed by atoms with van der Waals surface area (Å²) in [4.78, 5) is 0. The zero-order valence-corrected chi connectivity index (χ0v) is 9.49. The molecule has 1 atom stereocenters. The molecule has 0 aliphatic heterocycles. The van der Waals surface area contributed by atoms with Crippen molar-refractivity contribution in [3.05, 3.63) is 11.9 Å². The molecule has 0 spiro atoms. The molecule has 0 radical (unpaired) electrons. The van der Waals surface area contributed by atoms with Crippen LogP contribution < -0.4 is 5.73 Å². The first-order valence-electron chi connectivity index (χ1n) is 5.00. The van der Waals surface area contributed by atoms with Gasteiger partial charge in [0.2, 0.25) is 0 Å². The summed E-state index contributed by atoms with van der Waals surface area (Å²) in [5.74, 6) is 0. The number of aromatic nitrogens is 3. The lowest BCUT2D eigenvalue weighted by Crippen LogP contribution is -2.35. The number of nitrogens with zero attached hydrogens (tertiary/aromatic N) is 3. The molecule has 1 aromatic heterocycles. The molecule has 2 N–H and O–H groups in total. The van der Waals surface area contributed by atoms with E-state index in [0.29, 0.717) is 0 Å². The molecule has 14 heavy (non-hydrogen) atoms. The average Bonchev–Trinajstić information content (AvgIpc) is 2.45. The third-order valence-corrected chi connectivity index (χ3v) is 2.63. The minimum Gasteiger partial charge on any atom is -0.327 e. The normalized spacial score (nSPS) is 14.4. The van der Waals surface area contributed by atoms with Crippen molar-refractivity contribution in [1.82, 2.24) is 15.0 Å². The van der Waals surface area contributed by atoms with Crippen LogP contribution in [-0.2, 0) is 13.5 Å². The molecular formula is C10H20N4. The highest BCUT2D eigenvalue weighted by Crippen LogP contribution is 2.20. The van der Waals surface area contributed by atoms with Crippen molar-refractivity contribution < 1.29 is 0 Å². The van der Waals surface area contributed by atoms with E-state index in [1.807, 2.05) is 7.05 Å². The van der Waals surface area contributed by atoms with Gasteiger partial charge in [0.1, 0.15) is 0 Å². The van der Waals surface area contributed by atoms with Crippen LogP contribution in [0.1, 0.15) is 32.9 Å². The third kappa shape index (κ3) is 2.80. The van der Waals surface area contributed by atoms with Gasteiger partial charge in [0.05, 0.1) is 11.9 Å². The van der Waals surface area contributed by atoms with Gasteiger partial charge in [0.15, 0.2) is 0 Å². The molecule has 0 aliphatic carbocycles. The Bertz CT molecular complexity index is 285. The van der Waals surface area contributed by atoms with E-state index in [-0.39, 0.29) is 11.5 Å². The van der Waals surface area contributed by atoms with Gasteiger partial charge in [-0.25, -0.2) is 0 Å². The van der Waals surface area contributed by atoms with Gasteiger partial charge in [-0.15, -0.1) is 5.10 Å². The molecule has 1 aromatic rings. The molecule has 4 heteroatoms. The topological polar surface area (TPSA) is 56.7 Å². The van der Waals surface area contributed by atoms with Crippen LogP contribution in [0.4, 0.5) is 0 Å². The van der Waals surface area contributed by atoms with Crippen molar-refractivity contribution in [2.75, 3.05) is 0 Å². The van der Waals surface area contributed by atoms with Gasteiger partial charge in [-0.2, -0.15) is 0 Å². The Kier molecular flexibility index (Phi) is 3.26. The monoisotopic (exact) mass is 196 g/mol. The summed E-state index contributed by atoms with van der Waals surface area (Å²) in [6, 6.07) is 0.220. The second-order valence-electron chi connectivity index (χ2n) is 4.86. The van der Waals surface area contributed by atoms with Crippen molar-refractivity contribution in [1.29, 1.82) is 0 Å². The van der Waals surface area contributed by atoms with Crippen LogP contribution >= 0.6 is 0 Å². The molecular weight excluding hydrogens is 176 g/mol. The number of rotatable bonds is 3.